The molecule has 0 aliphatic carbocycles. The van der Waals surface area contributed by atoms with Crippen molar-refractivity contribution in [2.75, 3.05) is 13.1 Å². The molecule has 25 heavy (non-hydrogen) atoms. The molecule has 0 spiro atoms. The summed E-state index contributed by atoms with van der Waals surface area (Å²) in [4.78, 5) is 26.3. The fourth-order valence-electron chi connectivity index (χ4n) is 4.10. The molecule has 3 heterocycles. The molecule has 4 nitrogen and oxygen atoms in total. The van der Waals surface area contributed by atoms with Crippen LogP contribution in [0.15, 0.2) is 35.1 Å². The minimum Gasteiger partial charge on any atom is -0.342 e. The Morgan fingerprint density at radius 2 is 2.00 bits per heavy atom. The van der Waals surface area contributed by atoms with Gasteiger partial charge < -0.3 is 9.47 Å². The van der Waals surface area contributed by atoms with Gasteiger partial charge in [-0.25, -0.2) is 4.39 Å². The van der Waals surface area contributed by atoms with E-state index in [1.54, 1.807) is 19.1 Å². The minimum absolute atomic E-state index is 0.0705. The maximum absolute atomic E-state index is 13.3. The smallest absolute Gasteiger partial charge is 0.251 e. The number of likely N-dealkylation sites (tertiary alicyclic amines) is 1. The van der Waals surface area contributed by atoms with Gasteiger partial charge in [-0.15, -0.1) is 0 Å². The number of hydrogen-bond acceptors (Lipinski definition) is 2. The zero-order valence-electron chi connectivity index (χ0n) is 13.8. The van der Waals surface area contributed by atoms with Crippen molar-refractivity contribution in [3.05, 3.63) is 57.2 Å². The van der Waals surface area contributed by atoms with Crippen molar-refractivity contribution in [1.29, 1.82) is 0 Å². The van der Waals surface area contributed by atoms with Crippen LogP contribution in [0.1, 0.15) is 25.0 Å². The number of pyridine rings is 1. The molecule has 2 bridgehead atoms. The number of piperidine rings is 1. The standard InChI is InChI=1S/C19H18ClFN2O2/c1-11(24)22-8-12-4-14(10-22)18-5-13(6-19(25)23(18)9-12)16-3-2-15(21)7-17(16)20/h2-3,5-7,12,14H,4,8-10H2,1H3/t12-,14+/m0/s1. The van der Waals surface area contributed by atoms with Crippen LogP contribution in [0.3, 0.4) is 0 Å². The third kappa shape index (κ3) is 2.86. The third-order valence-corrected chi connectivity index (χ3v) is 5.56. The first-order chi connectivity index (χ1) is 11.9. The van der Waals surface area contributed by atoms with Gasteiger partial charge in [0.05, 0.1) is 5.02 Å². The second-order valence-corrected chi connectivity index (χ2v) is 7.37. The Bertz CT molecular complexity index is 924. The van der Waals surface area contributed by atoms with Crippen molar-refractivity contribution >= 4 is 17.5 Å². The summed E-state index contributed by atoms with van der Waals surface area (Å²) in [6.07, 6.45) is 0.976. The lowest BCUT2D eigenvalue weighted by atomic mass is 9.82. The Morgan fingerprint density at radius 1 is 1.20 bits per heavy atom. The lowest BCUT2D eigenvalue weighted by Gasteiger charge is -2.42. The Balaban J connectivity index is 1.80. The Kier molecular flexibility index (Phi) is 3.91. The minimum atomic E-state index is -0.407. The SMILES string of the molecule is CC(=O)N1C[C@@H]2C[C@H](C1)c1cc(-c3ccc(F)cc3Cl)cc(=O)n1C2. The number of carbonyl (C=O) groups excluding carboxylic acids is 1. The van der Waals surface area contributed by atoms with Gasteiger partial charge in [-0.2, -0.15) is 0 Å². The maximum Gasteiger partial charge on any atom is 0.251 e. The quantitative estimate of drug-likeness (QED) is 0.783. The summed E-state index contributed by atoms with van der Waals surface area (Å²) in [6.45, 7) is 3.56. The zero-order valence-corrected chi connectivity index (χ0v) is 14.6. The molecule has 1 saturated heterocycles. The van der Waals surface area contributed by atoms with Crippen LogP contribution in [0.2, 0.25) is 5.02 Å². The average Bonchev–Trinajstić information content (AvgIpc) is 2.55. The molecule has 1 aromatic heterocycles. The monoisotopic (exact) mass is 360 g/mol. The first-order valence-corrected chi connectivity index (χ1v) is 8.76. The first kappa shape index (κ1) is 16.3. The molecule has 2 aromatic rings. The molecule has 2 atom stereocenters. The number of rotatable bonds is 1. The second kappa shape index (κ2) is 5.99. The van der Waals surface area contributed by atoms with Crippen molar-refractivity contribution in [3.63, 3.8) is 0 Å². The third-order valence-electron chi connectivity index (χ3n) is 5.24. The summed E-state index contributed by atoms with van der Waals surface area (Å²) in [5.74, 6) is 0.121. The van der Waals surface area contributed by atoms with Gasteiger partial charge >= 0.3 is 0 Å². The summed E-state index contributed by atoms with van der Waals surface area (Å²) in [5, 5.41) is 0.284. The van der Waals surface area contributed by atoms with E-state index in [0.717, 1.165) is 12.1 Å². The van der Waals surface area contributed by atoms with Gasteiger partial charge in [0.15, 0.2) is 0 Å². The van der Waals surface area contributed by atoms with Crippen LogP contribution in [0.4, 0.5) is 4.39 Å². The van der Waals surface area contributed by atoms with Crippen LogP contribution >= 0.6 is 11.6 Å². The van der Waals surface area contributed by atoms with Gasteiger partial charge in [0.1, 0.15) is 5.82 Å². The molecule has 130 valence electrons. The lowest BCUT2D eigenvalue weighted by molar-refractivity contribution is -0.131. The predicted molar refractivity (Wildman–Crippen MR) is 94.2 cm³/mol. The summed E-state index contributed by atoms with van der Waals surface area (Å²) in [7, 11) is 0. The zero-order chi connectivity index (χ0) is 17.7. The van der Waals surface area contributed by atoms with Crippen LogP contribution in [-0.4, -0.2) is 28.5 Å². The van der Waals surface area contributed by atoms with Gasteiger partial charge in [0.25, 0.3) is 5.56 Å². The van der Waals surface area contributed by atoms with Gasteiger partial charge in [0.2, 0.25) is 5.91 Å². The first-order valence-electron chi connectivity index (χ1n) is 8.38. The Morgan fingerprint density at radius 3 is 2.72 bits per heavy atom. The molecule has 0 N–H and O–H groups in total. The van der Waals surface area contributed by atoms with Gasteiger partial charge in [-0.3, -0.25) is 9.59 Å². The van der Waals surface area contributed by atoms with E-state index < -0.39 is 5.82 Å². The maximum atomic E-state index is 13.3. The van der Waals surface area contributed by atoms with E-state index in [1.807, 2.05) is 15.5 Å². The molecule has 1 fully saturated rings. The summed E-state index contributed by atoms with van der Waals surface area (Å²) < 4.78 is 15.1. The van der Waals surface area contributed by atoms with Crippen LogP contribution in [0.5, 0.6) is 0 Å². The van der Waals surface area contributed by atoms with Crippen LogP contribution in [0.25, 0.3) is 11.1 Å². The molecular formula is C19H18ClFN2O2. The molecule has 1 amide bonds. The molecular weight excluding hydrogens is 343 g/mol. The molecule has 6 heteroatoms. The van der Waals surface area contributed by atoms with Crippen molar-refractivity contribution in [2.24, 2.45) is 5.92 Å². The number of carbonyl (C=O) groups is 1. The van der Waals surface area contributed by atoms with Crippen LogP contribution in [-0.2, 0) is 11.3 Å². The fourth-order valence-corrected chi connectivity index (χ4v) is 4.37. The normalized spacial score (nSPS) is 21.8. The van der Waals surface area contributed by atoms with E-state index in [0.29, 0.717) is 36.7 Å². The van der Waals surface area contributed by atoms with Crippen molar-refractivity contribution < 1.29 is 9.18 Å². The number of hydrogen-bond donors (Lipinski definition) is 0. The molecule has 1 aromatic carbocycles. The molecule has 4 rings (SSSR count). The topological polar surface area (TPSA) is 42.3 Å². The number of aromatic nitrogens is 1. The molecule has 0 saturated carbocycles. The summed E-state index contributed by atoms with van der Waals surface area (Å²) in [6, 6.07) is 7.71. The van der Waals surface area contributed by atoms with E-state index in [1.165, 1.54) is 12.1 Å². The number of fused-ring (bicyclic) bond motifs is 4. The number of halogens is 2. The average molecular weight is 361 g/mol. The van der Waals surface area contributed by atoms with Gasteiger partial charge in [-0.1, -0.05) is 11.6 Å². The van der Waals surface area contributed by atoms with Crippen molar-refractivity contribution in [2.45, 2.75) is 25.8 Å². The van der Waals surface area contributed by atoms with Gasteiger partial charge in [0, 0.05) is 49.8 Å². The van der Waals surface area contributed by atoms with Crippen molar-refractivity contribution in [3.8, 4) is 11.1 Å². The lowest BCUT2D eigenvalue weighted by Crippen LogP contribution is -2.48. The van der Waals surface area contributed by atoms with Crippen LogP contribution < -0.4 is 5.56 Å². The highest BCUT2D eigenvalue weighted by molar-refractivity contribution is 6.33. The summed E-state index contributed by atoms with van der Waals surface area (Å²) in [5.41, 5.74) is 2.20. The van der Waals surface area contributed by atoms with Gasteiger partial charge in [-0.05, 0) is 42.2 Å². The number of benzene rings is 1. The summed E-state index contributed by atoms with van der Waals surface area (Å²) >= 11 is 6.17. The van der Waals surface area contributed by atoms with E-state index in [-0.39, 0.29) is 22.4 Å². The number of nitrogens with zero attached hydrogens (tertiary/aromatic N) is 2. The number of amides is 1. The molecule has 0 radical (unpaired) electrons. The molecule has 0 unspecified atom stereocenters. The highest BCUT2D eigenvalue weighted by atomic mass is 35.5. The van der Waals surface area contributed by atoms with E-state index in [2.05, 4.69) is 0 Å². The predicted octanol–water partition coefficient (Wildman–Crippen LogP) is 3.27. The largest absolute Gasteiger partial charge is 0.342 e. The Hall–Kier alpha value is -2.14. The fraction of sp³-hybridized carbons (Fsp3) is 0.368. The van der Waals surface area contributed by atoms with Crippen LogP contribution in [0, 0.1) is 11.7 Å². The van der Waals surface area contributed by atoms with Crippen molar-refractivity contribution in [1.82, 2.24) is 9.47 Å². The molecule has 2 aliphatic heterocycles. The highest BCUT2D eigenvalue weighted by Crippen LogP contribution is 2.37. The molecule has 2 aliphatic rings. The highest BCUT2D eigenvalue weighted by Gasteiger charge is 2.35. The van der Waals surface area contributed by atoms with E-state index >= 15 is 0 Å². The van der Waals surface area contributed by atoms with E-state index in [9.17, 15) is 14.0 Å². The Labute approximate surface area is 149 Å². The second-order valence-electron chi connectivity index (χ2n) is 6.96. The van der Waals surface area contributed by atoms with E-state index in [4.69, 9.17) is 11.6 Å².